The lowest BCUT2D eigenvalue weighted by Crippen LogP contribution is -2.28. The fraction of sp³-hybridized carbons (Fsp3) is 0.238. The number of rotatable bonds is 6. The van der Waals surface area contributed by atoms with Crippen LogP contribution in [-0.4, -0.2) is 23.8 Å². The Hall–Kier alpha value is -3.28. The van der Waals surface area contributed by atoms with Crippen molar-refractivity contribution in [2.45, 2.75) is 26.0 Å². The molecule has 0 saturated carbocycles. The molecule has 0 aliphatic carbocycles. The maximum atomic E-state index is 11.9. The minimum absolute atomic E-state index is 0.0439. The quantitative estimate of drug-likeness (QED) is 0.726. The Balaban J connectivity index is 1.32. The predicted molar refractivity (Wildman–Crippen MR) is 99.5 cm³/mol. The Bertz CT molecular complexity index is 936. The molecule has 1 aliphatic heterocycles. The first kappa shape index (κ1) is 17.1. The Kier molecular flexibility index (Phi) is 4.78. The van der Waals surface area contributed by atoms with Crippen molar-refractivity contribution in [3.05, 3.63) is 65.9 Å². The Labute approximate surface area is 157 Å². The molecule has 1 amide bonds. The van der Waals surface area contributed by atoms with Crippen molar-refractivity contribution in [3.63, 3.8) is 0 Å². The van der Waals surface area contributed by atoms with Crippen LogP contribution < -0.4 is 14.8 Å². The number of hydrogen-bond acceptors (Lipinski definition) is 5. The Morgan fingerprint density at radius 1 is 1.22 bits per heavy atom. The number of amides is 1. The van der Waals surface area contributed by atoms with Gasteiger partial charge in [0.25, 0.3) is 5.91 Å². The van der Waals surface area contributed by atoms with E-state index in [1.54, 1.807) is 12.1 Å². The third kappa shape index (κ3) is 4.11. The molecule has 0 radical (unpaired) electrons. The van der Waals surface area contributed by atoms with Gasteiger partial charge >= 0.3 is 0 Å². The first-order valence-electron chi connectivity index (χ1n) is 8.87. The van der Waals surface area contributed by atoms with Gasteiger partial charge in [0.1, 0.15) is 23.3 Å². The molecular weight excluding hydrogens is 344 g/mol. The van der Waals surface area contributed by atoms with Gasteiger partial charge in [-0.1, -0.05) is 23.4 Å². The van der Waals surface area contributed by atoms with Crippen LogP contribution in [0, 0.1) is 0 Å². The molecule has 138 valence electrons. The summed E-state index contributed by atoms with van der Waals surface area (Å²) in [6.07, 6.45) is 1.09. The molecule has 1 aromatic heterocycles. The number of aromatic nitrogens is 1. The van der Waals surface area contributed by atoms with Crippen LogP contribution in [0.3, 0.4) is 0 Å². The predicted octanol–water partition coefficient (Wildman–Crippen LogP) is 3.36. The molecule has 0 spiro atoms. The summed E-state index contributed by atoms with van der Waals surface area (Å²) >= 11 is 0. The molecule has 27 heavy (non-hydrogen) atoms. The van der Waals surface area contributed by atoms with Crippen molar-refractivity contribution in [1.29, 1.82) is 0 Å². The molecule has 1 aliphatic rings. The first-order chi connectivity index (χ1) is 13.2. The molecule has 6 nitrogen and oxygen atoms in total. The number of benzene rings is 2. The number of nitrogens with zero attached hydrogens (tertiary/aromatic N) is 1. The third-order valence-electron chi connectivity index (χ3n) is 4.32. The highest BCUT2D eigenvalue weighted by atomic mass is 16.5. The van der Waals surface area contributed by atoms with E-state index < -0.39 is 0 Å². The summed E-state index contributed by atoms with van der Waals surface area (Å²) in [6, 6.07) is 17.0. The number of nitrogens with one attached hydrogen (secondary N) is 1. The molecule has 6 heteroatoms. The zero-order valence-electron chi connectivity index (χ0n) is 15.0. The molecule has 2 aromatic carbocycles. The van der Waals surface area contributed by atoms with Crippen molar-refractivity contribution < 1.29 is 18.8 Å². The van der Waals surface area contributed by atoms with Gasteiger partial charge < -0.3 is 19.3 Å². The monoisotopic (exact) mass is 364 g/mol. The average Bonchev–Trinajstić information content (AvgIpc) is 3.30. The fourth-order valence-electron chi connectivity index (χ4n) is 3.01. The minimum atomic E-state index is -0.216. The van der Waals surface area contributed by atoms with E-state index in [0.717, 1.165) is 17.7 Å². The number of carbonyl (C=O) groups excluding carboxylic acids is 1. The van der Waals surface area contributed by atoms with Crippen LogP contribution in [0.2, 0.25) is 0 Å². The number of carbonyl (C=O) groups is 1. The average molecular weight is 364 g/mol. The van der Waals surface area contributed by atoms with E-state index in [1.807, 2.05) is 36.4 Å². The van der Waals surface area contributed by atoms with Crippen LogP contribution in [0.25, 0.3) is 11.3 Å². The van der Waals surface area contributed by atoms with Gasteiger partial charge in [-0.25, -0.2) is 0 Å². The van der Waals surface area contributed by atoms with Crippen LogP contribution in [0.4, 0.5) is 0 Å². The second-order valence-electron chi connectivity index (χ2n) is 6.52. The van der Waals surface area contributed by atoms with Gasteiger partial charge in [0.15, 0.2) is 12.4 Å². The Morgan fingerprint density at radius 2 is 2.07 bits per heavy atom. The smallest absolute Gasteiger partial charge is 0.258 e. The van der Waals surface area contributed by atoms with E-state index in [2.05, 4.69) is 23.5 Å². The summed E-state index contributed by atoms with van der Waals surface area (Å²) in [7, 11) is 0. The van der Waals surface area contributed by atoms with Crippen LogP contribution in [0.5, 0.6) is 11.5 Å². The normalized spacial score (nSPS) is 15.1. The SMILES string of the molecule is CC1Cc2cc(-c3cc(CNC(=O)COc4ccccc4)no3)ccc2O1. The molecule has 2 heterocycles. The number of hydrogen-bond donors (Lipinski definition) is 1. The van der Waals surface area contributed by atoms with E-state index in [9.17, 15) is 4.79 Å². The maximum absolute atomic E-state index is 11.9. The van der Waals surface area contributed by atoms with Crippen molar-refractivity contribution in [3.8, 4) is 22.8 Å². The highest BCUT2D eigenvalue weighted by molar-refractivity contribution is 5.77. The zero-order valence-corrected chi connectivity index (χ0v) is 15.0. The first-order valence-corrected chi connectivity index (χ1v) is 8.87. The van der Waals surface area contributed by atoms with Gasteiger partial charge in [0.05, 0.1) is 6.54 Å². The standard InChI is InChI=1S/C21H20N2O4/c1-14-9-16-10-15(7-8-19(16)26-14)20-11-17(23-27-20)12-22-21(24)13-25-18-5-3-2-4-6-18/h2-8,10-11,14H,9,12-13H2,1H3,(H,22,24). The second-order valence-corrected chi connectivity index (χ2v) is 6.52. The van der Waals surface area contributed by atoms with Gasteiger partial charge in [0.2, 0.25) is 0 Å². The fourth-order valence-corrected chi connectivity index (χ4v) is 3.01. The molecule has 4 rings (SSSR count). The molecule has 1 N–H and O–H groups in total. The van der Waals surface area contributed by atoms with Gasteiger partial charge in [-0.2, -0.15) is 0 Å². The molecule has 0 saturated heterocycles. The molecule has 1 atom stereocenters. The summed E-state index contributed by atoms with van der Waals surface area (Å²) in [6.45, 7) is 2.29. The zero-order chi connectivity index (χ0) is 18.6. The number of ether oxygens (including phenoxy) is 2. The lowest BCUT2D eigenvalue weighted by atomic mass is 10.1. The summed E-state index contributed by atoms with van der Waals surface area (Å²) in [5.74, 6) is 2.04. The van der Waals surface area contributed by atoms with Crippen LogP contribution in [0.15, 0.2) is 59.1 Å². The molecule has 0 bridgehead atoms. The van der Waals surface area contributed by atoms with E-state index in [1.165, 1.54) is 5.56 Å². The highest BCUT2D eigenvalue weighted by Crippen LogP contribution is 2.33. The van der Waals surface area contributed by atoms with Crippen molar-refractivity contribution in [2.75, 3.05) is 6.61 Å². The summed E-state index contributed by atoms with van der Waals surface area (Å²) in [4.78, 5) is 11.9. The maximum Gasteiger partial charge on any atom is 0.258 e. The van der Waals surface area contributed by atoms with E-state index in [-0.39, 0.29) is 25.2 Å². The topological polar surface area (TPSA) is 73.6 Å². The third-order valence-corrected chi connectivity index (χ3v) is 4.32. The number of para-hydroxylation sites is 1. The minimum Gasteiger partial charge on any atom is -0.490 e. The molecule has 1 unspecified atom stereocenters. The summed E-state index contributed by atoms with van der Waals surface area (Å²) < 4.78 is 16.6. The lowest BCUT2D eigenvalue weighted by molar-refractivity contribution is -0.123. The van der Waals surface area contributed by atoms with Gasteiger partial charge in [-0.3, -0.25) is 4.79 Å². The van der Waals surface area contributed by atoms with Crippen molar-refractivity contribution in [1.82, 2.24) is 10.5 Å². The van der Waals surface area contributed by atoms with Crippen LogP contribution in [-0.2, 0) is 17.8 Å². The van der Waals surface area contributed by atoms with Crippen LogP contribution >= 0.6 is 0 Å². The largest absolute Gasteiger partial charge is 0.490 e. The lowest BCUT2D eigenvalue weighted by Gasteiger charge is -2.05. The summed E-state index contributed by atoms with van der Waals surface area (Å²) in [5, 5.41) is 6.80. The van der Waals surface area contributed by atoms with E-state index in [4.69, 9.17) is 14.0 Å². The summed E-state index contributed by atoms with van der Waals surface area (Å²) in [5.41, 5.74) is 2.77. The molecule has 3 aromatic rings. The van der Waals surface area contributed by atoms with Crippen LogP contribution in [0.1, 0.15) is 18.2 Å². The molecular formula is C21H20N2O4. The Morgan fingerprint density at radius 3 is 2.93 bits per heavy atom. The number of fused-ring (bicyclic) bond motifs is 1. The highest BCUT2D eigenvalue weighted by Gasteiger charge is 2.20. The van der Waals surface area contributed by atoms with Gasteiger partial charge in [0, 0.05) is 18.1 Å². The van der Waals surface area contributed by atoms with E-state index in [0.29, 0.717) is 17.2 Å². The second kappa shape index (κ2) is 7.53. The van der Waals surface area contributed by atoms with E-state index >= 15 is 0 Å². The molecule has 0 fully saturated rings. The van der Waals surface area contributed by atoms with Crippen molar-refractivity contribution >= 4 is 5.91 Å². The van der Waals surface area contributed by atoms with Gasteiger partial charge in [-0.05, 0) is 42.8 Å². The van der Waals surface area contributed by atoms with Crippen molar-refractivity contribution in [2.24, 2.45) is 0 Å². The van der Waals surface area contributed by atoms with Gasteiger partial charge in [-0.15, -0.1) is 0 Å².